The average molecular weight is 263 g/mol. The molecule has 3 aromatic heterocycles. The maximum absolute atomic E-state index is 13.4. The summed E-state index contributed by atoms with van der Waals surface area (Å²) in [5, 5.41) is 1.12. The average Bonchev–Trinajstić information content (AvgIpc) is 2.95. The molecule has 18 heavy (non-hydrogen) atoms. The van der Waals surface area contributed by atoms with Gasteiger partial charge in [-0.15, -0.1) is 11.3 Å². The first kappa shape index (κ1) is 11.1. The van der Waals surface area contributed by atoms with E-state index in [0.29, 0.717) is 11.5 Å². The molecule has 7 heteroatoms. The minimum absolute atomic E-state index is 0.317. The van der Waals surface area contributed by atoms with Crippen molar-refractivity contribution in [3.05, 3.63) is 30.7 Å². The van der Waals surface area contributed by atoms with Crippen LogP contribution in [0.2, 0.25) is 0 Å². The Morgan fingerprint density at radius 1 is 1.28 bits per heavy atom. The van der Waals surface area contributed by atoms with Crippen LogP contribution in [0.1, 0.15) is 0 Å². The maximum atomic E-state index is 13.4. The first-order valence-electron chi connectivity index (χ1n) is 5.28. The summed E-state index contributed by atoms with van der Waals surface area (Å²) in [5.41, 5.74) is 0.701. The van der Waals surface area contributed by atoms with Crippen LogP contribution < -0.4 is 4.90 Å². The van der Waals surface area contributed by atoms with Crippen molar-refractivity contribution in [2.45, 2.75) is 0 Å². The Morgan fingerprint density at radius 3 is 2.78 bits per heavy atom. The highest BCUT2D eigenvalue weighted by atomic mass is 32.1. The number of anilines is 1. The molecule has 0 aliphatic heterocycles. The first-order valence-corrected chi connectivity index (χ1v) is 6.10. The van der Waals surface area contributed by atoms with Crippen molar-refractivity contribution in [2.24, 2.45) is 0 Å². The van der Waals surface area contributed by atoms with Crippen LogP contribution >= 0.6 is 11.3 Å². The van der Waals surface area contributed by atoms with Crippen LogP contribution in [0.4, 0.5) is 9.39 Å². The van der Waals surface area contributed by atoms with E-state index in [0.717, 1.165) is 9.88 Å². The van der Waals surface area contributed by atoms with E-state index in [4.69, 9.17) is 0 Å². The predicted molar refractivity (Wildman–Crippen MR) is 68.4 cm³/mol. The van der Waals surface area contributed by atoms with E-state index in [1.165, 1.54) is 10.7 Å². The molecule has 92 valence electrons. The highest BCUT2D eigenvalue weighted by molar-refractivity contribution is 7.19. The van der Waals surface area contributed by atoms with E-state index in [-0.39, 0.29) is 0 Å². The van der Waals surface area contributed by atoms with Crippen molar-refractivity contribution < 1.29 is 4.39 Å². The lowest BCUT2D eigenvalue weighted by atomic mass is 10.4. The Hall–Kier alpha value is -2.02. The third-order valence-corrected chi connectivity index (χ3v) is 3.78. The summed E-state index contributed by atoms with van der Waals surface area (Å²) in [7, 11) is 3.95. The molecule has 3 rings (SSSR count). The summed E-state index contributed by atoms with van der Waals surface area (Å²) in [6.45, 7) is 0. The largest absolute Gasteiger partial charge is 0.370 e. The molecule has 0 radical (unpaired) electrons. The third kappa shape index (κ3) is 1.72. The van der Waals surface area contributed by atoms with Crippen molar-refractivity contribution in [2.75, 3.05) is 19.0 Å². The summed E-state index contributed by atoms with van der Waals surface area (Å²) in [6, 6.07) is 3.97. The monoisotopic (exact) mass is 263 g/mol. The summed E-state index contributed by atoms with van der Waals surface area (Å²) in [6.07, 6.45) is 2.17. The van der Waals surface area contributed by atoms with Crippen LogP contribution in [0.3, 0.4) is 0 Å². The van der Waals surface area contributed by atoms with E-state index >= 15 is 0 Å². The van der Waals surface area contributed by atoms with Gasteiger partial charge < -0.3 is 4.90 Å². The van der Waals surface area contributed by atoms with Crippen LogP contribution in [-0.4, -0.2) is 33.4 Å². The fourth-order valence-corrected chi connectivity index (χ4v) is 2.50. The molecule has 0 atom stereocenters. The zero-order valence-corrected chi connectivity index (χ0v) is 10.6. The number of nitrogens with zero attached hydrogens (tertiary/aromatic N) is 5. The molecule has 0 aliphatic rings. The Bertz CT molecular complexity index is 702. The molecule has 3 heterocycles. The minimum atomic E-state index is -0.608. The lowest BCUT2D eigenvalue weighted by Crippen LogP contribution is -2.05. The van der Waals surface area contributed by atoms with Gasteiger partial charge in [-0.1, -0.05) is 0 Å². The zero-order valence-electron chi connectivity index (χ0n) is 9.83. The van der Waals surface area contributed by atoms with Crippen LogP contribution in [0.15, 0.2) is 24.7 Å². The third-order valence-electron chi connectivity index (χ3n) is 2.51. The normalized spacial score (nSPS) is 11.1. The number of thiophene rings is 1. The number of aromatic nitrogens is 4. The fourth-order valence-electron chi connectivity index (χ4n) is 1.61. The van der Waals surface area contributed by atoms with Gasteiger partial charge in [-0.2, -0.15) is 9.37 Å². The molecule has 0 amide bonds. The number of halogens is 1. The molecule has 0 fully saturated rings. The van der Waals surface area contributed by atoms with Crippen molar-refractivity contribution in [1.82, 2.24) is 19.4 Å². The number of fused-ring (bicyclic) bond motifs is 1. The van der Waals surface area contributed by atoms with E-state index < -0.39 is 6.08 Å². The quantitative estimate of drug-likeness (QED) is 0.710. The predicted octanol–water partition coefficient (Wildman–Crippen LogP) is 2.06. The lowest BCUT2D eigenvalue weighted by Gasteiger charge is -2.06. The first-order chi connectivity index (χ1) is 8.65. The summed E-state index contributed by atoms with van der Waals surface area (Å²) in [5.74, 6) is 0.317. The van der Waals surface area contributed by atoms with Gasteiger partial charge in [-0.05, 0) is 12.1 Å². The second-order valence-corrected chi connectivity index (χ2v) is 5.03. The molecule has 0 unspecified atom stereocenters. The SMILES string of the molecule is CN(C)c1ccc(-c2cn3c(F)ncnc3n2)s1. The Balaban J connectivity index is 2.10. The summed E-state index contributed by atoms with van der Waals surface area (Å²) in [4.78, 5) is 14.7. The van der Waals surface area contributed by atoms with Gasteiger partial charge in [0, 0.05) is 20.3 Å². The minimum Gasteiger partial charge on any atom is -0.370 e. The highest BCUT2D eigenvalue weighted by Gasteiger charge is 2.11. The van der Waals surface area contributed by atoms with Crippen molar-refractivity contribution in [3.63, 3.8) is 0 Å². The van der Waals surface area contributed by atoms with E-state index in [1.807, 2.05) is 31.1 Å². The second kappa shape index (κ2) is 4.02. The molecule has 0 bridgehead atoms. The van der Waals surface area contributed by atoms with Gasteiger partial charge in [0.25, 0.3) is 6.08 Å². The Morgan fingerprint density at radius 2 is 2.11 bits per heavy atom. The van der Waals surface area contributed by atoms with Gasteiger partial charge in [0.15, 0.2) is 0 Å². The van der Waals surface area contributed by atoms with Gasteiger partial charge in [-0.3, -0.25) is 0 Å². The van der Waals surface area contributed by atoms with Crippen LogP contribution in [0, 0.1) is 6.08 Å². The zero-order chi connectivity index (χ0) is 12.7. The lowest BCUT2D eigenvalue weighted by molar-refractivity contribution is 0.518. The van der Waals surface area contributed by atoms with Crippen molar-refractivity contribution in [1.29, 1.82) is 0 Å². The molecular weight excluding hydrogens is 253 g/mol. The van der Waals surface area contributed by atoms with Gasteiger partial charge in [0.05, 0.1) is 9.88 Å². The Kier molecular flexibility index (Phi) is 2.48. The Labute approximate surface area is 107 Å². The van der Waals surface area contributed by atoms with Crippen LogP contribution in [0.5, 0.6) is 0 Å². The van der Waals surface area contributed by atoms with Crippen LogP contribution in [0.25, 0.3) is 16.3 Å². The van der Waals surface area contributed by atoms with Gasteiger partial charge in [0.2, 0.25) is 5.78 Å². The molecule has 0 saturated heterocycles. The summed E-state index contributed by atoms with van der Waals surface area (Å²) >= 11 is 1.59. The fraction of sp³-hybridized carbons (Fsp3) is 0.182. The highest BCUT2D eigenvalue weighted by Crippen LogP contribution is 2.32. The van der Waals surface area contributed by atoms with Gasteiger partial charge in [-0.25, -0.2) is 14.4 Å². The molecule has 3 aromatic rings. The van der Waals surface area contributed by atoms with E-state index in [9.17, 15) is 4.39 Å². The standard InChI is InChI=1S/C11H10FN5S/c1-16(2)9-4-3-8(18-9)7-5-17-10(12)13-6-14-11(17)15-7/h3-6H,1-2H3. The van der Waals surface area contributed by atoms with Crippen LogP contribution in [-0.2, 0) is 0 Å². The number of rotatable bonds is 2. The summed E-state index contributed by atoms with van der Waals surface area (Å²) < 4.78 is 14.7. The topological polar surface area (TPSA) is 46.3 Å². The number of hydrogen-bond acceptors (Lipinski definition) is 5. The van der Waals surface area contributed by atoms with Gasteiger partial charge in [0.1, 0.15) is 12.0 Å². The molecular formula is C11H10FN5S. The smallest absolute Gasteiger partial charge is 0.297 e. The van der Waals surface area contributed by atoms with E-state index in [1.54, 1.807) is 17.5 Å². The number of imidazole rings is 1. The molecule has 0 spiro atoms. The molecule has 0 aliphatic carbocycles. The molecule has 0 saturated carbocycles. The number of hydrogen-bond donors (Lipinski definition) is 0. The molecule has 0 aromatic carbocycles. The maximum Gasteiger partial charge on any atom is 0.297 e. The van der Waals surface area contributed by atoms with Gasteiger partial charge >= 0.3 is 0 Å². The molecule has 5 nitrogen and oxygen atoms in total. The second-order valence-electron chi connectivity index (χ2n) is 3.97. The molecule has 0 N–H and O–H groups in total. The van der Waals surface area contributed by atoms with Crippen molar-refractivity contribution in [3.8, 4) is 10.6 Å². The van der Waals surface area contributed by atoms with Crippen molar-refractivity contribution >= 4 is 22.1 Å². The van der Waals surface area contributed by atoms with E-state index in [2.05, 4.69) is 15.0 Å².